The van der Waals surface area contributed by atoms with Crippen LogP contribution in [0, 0.1) is 0 Å². The topological polar surface area (TPSA) is 101 Å². The number of rotatable bonds is 3. The van der Waals surface area contributed by atoms with Gasteiger partial charge in [-0.25, -0.2) is 9.99 Å². The van der Waals surface area contributed by atoms with Gasteiger partial charge in [-0.3, -0.25) is 15.1 Å². The van der Waals surface area contributed by atoms with Gasteiger partial charge in [0.2, 0.25) is 11.9 Å². The number of nitrogens with two attached hydrogens (primary N) is 1. The number of amides is 1. The molecule has 1 saturated heterocycles. The lowest BCUT2D eigenvalue weighted by Gasteiger charge is -2.32. The lowest BCUT2D eigenvalue weighted by atomic mass is 9.85. The third kappa shape index (κ3) is 2.24. The van der Waals surface area contributed by atoms with Crippen LogP contribution in [-0.4, -0.2) is 33.1 Å². The van der Waals surface area contributed by atoms with Gasteiger partial charge in [0.1, 0.15) is 11.2 Å². The fraction of sp³-hybridized carbons (Fsp3) is 0.533. The van der Waals surface area contributed by atoms with Crippen molar-refractivity contribution < 1.29 is 4.79 Å². The van der Waals surface area contributed by atoms with E-state index in [0.29, 0.717) is 17.7 Å². The smallest absolute Gasteiger partial charge is 0.249 e. The molecule has 10 heteroatoms. The largest absolute Gasteiger partial charge is 0.369 e. The van der Waals surface area contributed by atoms with Crippen molar-refractivity contribution in [3.05, 3.63) is 16.0 Å². The van der Waals surface area contributed by atoms with Crippen LogP contribution in [0.25, 0.3) is 5.00 Å². The number of carbonyl (C=O) groups is 1. The number of aromatic nitrogens is 3. The molecule has 132 valence electrons. The number of fused-ring (bicyclic) bond motifs is 8. The van der Waals surface area contributed by atoms with Gasteiger partial charge in [0, 0.05) is 10.4 Å². The summed E-state index contributed by atoms with van der Waals surface area (Å²) >= 11 is 3.19. The summed E-state index contributed by atoms with van der Waals surface area (Å²) in [7, 11) is 0. The minimum Gasteiger partial charge on any atom is -0.369 e. The molecule has 0 aromatic carbocycles. The lowest BCUT2D eigenvalue weighted by molar-refractivity contribution is -0.115. The fourth-order valence-corrected chi connectivity index (χ4v) is 6.24. The van der Waals surface area contributed by atoms with Gasteiger partial charge in [0.05, 0.1) is 12.4 Å². The number of thioether (sulfide) groups is 1. The van der Waals surface area contributed by atoms with Crippen molar-refractivity contribution >= 4 is 35.0 Å². The minimum atomic E-state index is -0.351. The Labute approximate surface area is 153 Å². The van der Waals surface area contributed by atoms with Crippen LogP contribution < -0.4 is 21.5 Å². The molecule has 0 radical (unpaired) electrons. The summed E-state index contributed by atoms with van der Waals surface area (Å²) in [6.45, 7) is 3.02. The lowest BCUT2D eigenvalue weighted by Crippen LogP contribution is -2.39. The number of hydrogen-bond acceptors (Lipinski definition) is 8. The molecule has 0 spiro atoms. The summed E-state index contributed by atoms with van der Waals surface area (Å²) in [4.78, 5) is 12.7. The van der Waals surface area contributed by atoms with Crippen LogP contribution in [0.4, 0.5) is 5.95 Å². The first-order valence-corrected chi connectivity index (χ1v) is 10.2. The van der Waals surface area contributed by atoms with Gasteiger partial charge in [-0.15, -0.1) is 21.5 Å². The predicted octanol–water partition coefficient (Wildman–Crippen LogP) is 1.23. The van der Waals surface area contributed by atoms with Gasteiger partial charge >= 0.3 is 0 Å². The second-order valence-electron chi connectivity index (χ2n) is 6.64. The number of hydrazine groups is 1. The monoisotopic (exact) mass is 377 g/mol. The second kappa shape index (κ2) is 5.70. The molecule has 3 aliphatic rings. The zero-order chi connectivity index (χ0) is 17.1. The molecule has 2 aromatic heterocycles. The molecule has 2 atom stereocenters. The Bertz CT molecular complexity index is 860. The Morgan fingerprint density at radius 3 is 3.16 bits per heavy atom. The molecule has 1 fully saturated rings. The third-order valence-corrected chi connectivity index (χ3v) is 7.25. The van der Waals surface area contributed by atoms with Crippen molar-refractivity contribution in [3.63, 3.8) is 0 Å². The standard InChI is InChI=1S/C15H19N7OS2/c1-7-3-2-4-8-10(7)11-12-17-6-18-22(12)14-19-20-15(24-5-9(16)23)21(14)13(11)25-8/h7,12,17-18H,2-6H2,1H3,(H2,16,23)/t7-,12?/m0/s1. The van der Waals surface area contributed by atoms with Gasteiger partial charge < -0.3 is 5.73 Å². The molecule has 2 aliphatic heterocycles. The highest BCUT2D eigenvalue weighted by Gasteiger charge is 2.42. The van der Waals surface area contributed by atoms with E-state index in [2.05, 4.69) is 37.4 Å². The molecule has 1 aliphatic carbocycles. The molecule has 4 N–H and O–H groups in total. The molecule has 0 bridgehead atoms. The van der Waals surface area contributed by atoms with Gasteiger partial charge in [0.15, 0.2) is 5.16 Å². The first-order valence-electron chi connectivity index (χ1n) is 8.43. The number of thiophene rings is 1. The van der Waals surface area contributed by atoms with Crippen LogP contribution in [0.1, 0.15) is 47.9 Å². The normalized spacial score (nSPS) is 23.8. The number of nitrogens with zero attached hydrogens (tertiary/aromatic N) is 4. The molecule has 2 aromatic rings. The van der Waals surface area contributed by atoms with Gasteiger partial charge in [-0.1, -0.05) is 18.7 Å². The molecule has 1 unspecified atom stereocenters. The summed E-state index contributed by atoms with van der Waals surface area (Å²) in [5.74, 6) is 1.18. The van der Waals surface area contributed by atoms with E-state index in [1.165, 1.54) is 45.6 Å². The summed E-state index contributed by atoms with van der Waals surface area (Å²) in [6, 6.07) is 0. The Hall–Kier alpha value is -1.62. The number of hydrogen-bond donors (Lipinski definition) is 3. The van der Waals surface area contributed by atoms with E-state index in [9.17, 15) is 4.79 Å². The van der Waals surface area contributed by atoms with Gasteiger partial charge in [0.25, 0.3) is 0 Å². The van der Waals surface area contributed by atoms with Crippen molar-refractivity contribution in [2.75, 3.05) is 17.4 Å². The third-order valence-electron chi connectivity index (χ3n) is 5.03. The average Bonchev–Trinajstić information content (AvgIpc) is 3.28. The highest BCUT2D eigenvalue weighted by Crippen LogP contribution is 2.50. The summed E-state index contributed by atoms with van der Waals surface area (Å²) in [5.41, 5.74) is 11.5. The van der Waals surface area contributed by atoms with Gasteiger partial charge in [-0.05, 0) is 30.7 Å². The maximum Gasteiger partial charge on any atom is 0.249 e. The maximum absolute atomic E-state index is 11.2. The number of aryl methyl sites for hydroxylation is 1. The zero-order valence-corrected chi connectivity index (χ0v) is 15.4. The van der Waals surface area contributed by atoms with Crippen LogP contribution in [0.2, 0.25) is 0 Å². The van der Waals surface area contributed by atoms with Crippen molar-refractivity contribution in [1.29, 1.82) is 0 Å². The first kappa shape index (κ1) is 15.6. The number of primary amides is 1. The fourth-order valence-electron chi connectivity index (χ4n) is 4.01. The van der Waals surface area contributed by atoms with Crippen molar-refractivity contribution in [2.45, 2.75) is 43.4 Å². The maximum atomic E-state index is 11.2. The quantitative estimate of drug-likeness (QED) is 0.692. The Balaban J connectivity index is 1.70. The number of nitrogens with one attached hydrogen (secondary N) is 2. The van der Waals surface area contributed by atoms with E-state index in [-0.39, 0.29) is 17.8 Å². The van der Waals surface area contributed by atoms with E-state index >= 15 is 0 Å². The Morgan fingerprint density at radius 1 is 1.44 bits per heavy atom. The van der Waals surface area contributed by atoms with E-state index in [4.69, 9.17) is 5.73 Å². The average molecular weight is 377 g/mol. The molecular weight excluding hydrogens is 358 g/mol. The molecule has 25 heavy (non-hydrogen) atoms. The predicted molar refractivity (Wildman–Crippen MR) is 96.9 cm³/mol. The Kier molecular flexibility index (Phi) is 3.56. The summed E-state index contributed by atoms with van der Waals surface area (Å²) in [6.07, 6.45) is 3.69. The van der Waals surface area contributed by atoms with Gasteiger partial charge in [-0.2, -0.15) is 0 Å². The number of carbonyl (C=O) groups excluding carboxylic acids is 1. The second-order valence-corrected chi connectivity index (χ2v) is 8.66. The van der Waals surface area contributed by atoms with Crippen LogP contribution in [0.5, 0.6) is 0 Å². The van der Waals surface area contributed by atoms with Crippen LogP contribution in [0.3, 0.4) is 0 Å². The van der Waals surface area contributed by atoms with Crippen molar-refractivity contribution in [3.8, 4) is 5.00 Å². The number of anilines is 1. The summed E-state index contributed by atoms with van der Waals surface area (Å²) < 4.78 is 2.08. The molecule has 1 amide bonds. The minimum absolute atomic E-state index is 0.0845. The molecule has 0 saturated carbocycles. The molecule has 4 heterocycles. The van der Waals surface area contributed by atoms with E-state index < -0.39 is 0 Å². The SMILES string of the molecule is C[C@H]1CCCc2sc3c(c21)C1NCNN1c1nnc(SCC(N)=O)n1-3. The molecule has 5 rings (SSSR count). The van der Waals surface area contributed by atoms with E-state index in [1.807, 2.05) is 11.3 Å². The molecular formula is C15H19N7OS2. The van der Waals surface area contributed by atoms with Crippen molar-refractivity contribution in [2.24, 2.45) is 5.73 Å². The zero-order valence-electron chi connectivity index (χ0n) is 13.8. The summed E-state index contributed by atoms with van der Waals surface area (Å²) in [5, 5.41) is 16.2. The molecule has 8 nitrogen and oxygen atoms in total. The van der Waals surface area contributed by atoms with Crippen LogP contribution >= 0.6 is 23.1 Å². The van der Waals surface area contributed by atoms with Crippen molar-refractivity contribution in [1.82, 2.24) is 25.5 Å². The highest BCUT2D eigenvalue weighted by molar-refractivity contribution is 7.99. The van der Waals surface area contributed by atoms with Crippen LogP contribution in [-0.2, 0) is 11.2 Å². The van der Waals surface area contributed by atoms with E-state index in [1.54, 1.807) is 0 Å². The highest BCUT2D eigenvalue weighted by atomic mass is 32.2. The Morgan fingerprint density at radius 2 is 2.32 bits per heavy atom. The van der Waals surface area contributed by atoms with E-state index in [0.717, 1.165) is 12.4 Å². The first-order chi connectivity index (χ1) is 12.1. The van der Waals surface area contributed by atoms with Crippen LogP contribution in [0.15, 0.2) is 5.16 Å².